The lowest BCUT2D eigenvalue weighted by Crippen LogP contribution is -1.75. The Kier molecular flexibility index (Phi) is 2.14. The van der Waals surface area contributed by atoms with Crippen molar-refractivity contribution in [2.24, 2.45) is 0 Å². The number of aryl methyl sites for hydroxylation is 1. The fourth-order valence-corrected chi connectivity index (χ4v) is 2.26. The largest absolute Gasteiger partial charge is 0.469 e. The Morgan fingerprint density at radius 1 is 1.58 bits per heavy atom. The molecule has 12 heavy (non-hydrogen) atoms. The van der Waals surface area contributed by atoms with Crippen LogP contribution >= 0.6 is 34.1 Å². The molecule has 2 rings (SSSR count). The second kappa shape index (κ2) is 3.14. The lowest BCUT2D eigenvalue weighted by molar-refractivity contribution is 0.535. The highest BCUT2D eigenvalue weighted by atomic mass is 127. The summed E-state index contributed by atoms with van der Waals surface area (Å²) in [5, 5.41) is 0.922. The van der Waals surface area contributed by atoms with Crippen molar-refractivity contribution in [2.75, 3.05) is 0 Å². The van der Waals surface area contributed by atoms with Gasteiger partial charge in [-0.1, -0.05) is 0 Å². The average molecular weight is 292 g/mol. The fraction of sp³-hybridized carbons (Fsp3) is 0.143. The lowest BCUT2D eigenvalue weighted by atomic mass is 10.3. The molecule has 0 fully saturated rings. The van der Waals surface area contributed by atoms with Crippen LogP contribution in [0.2, 0.25) is 0 Å². The van der Waals surface area contributed by atoms with Crippen molar-refractivity contribution >= 4 is 34.1 Å². The van der Waals surface area contributed by atoms with Crippen LogP contribution in [-0.2, 0) is 0 Å². The van der Waals surface area contributed by atoms with Crippen molar-refractivity contribution in [3.8, 4) is 10.6 Å². The topological polar surface area (TPSA) is 38.9 Å². The van der Waals surface area contributed by atoms with E-state index in [1.807, 2.05) is 13.0 Å². The summed E-state index contributed by atoms with van der Waals surface area (Å²) in [6.07, 6.45) is 1.67. The SMILES string of the molecule is Cc1occc1-c1nc(I)ns1. The minimum absolute atomic E-state index is 0.785. The summed E-state index contributed by atoms with van der Waals surface area (Å²) in [4.78, 5) is 4.25. The first-order chi connectivity index (χ1) is 5.77. The third-order valence-corrected chi connectivity index (χ3v) is 3.05. The van der Waals surface area contributed by atoms with Crippen LogP contribution in [0.25, 0.3) is 10.6 Å². The summed E-state index contributed by atoms with van der Waals surface area (Å²) in [6, 6.07) is 1.91. The lowest BCUT2D eigenvalue weighted by Gasteiger charge is -1.88. The number of furan rings is 1. The molecule has 2 aromatic rings. The highest BCUT2D eigenvalue weighted by Crippen LogP contribution is 2.25. The van der Waals surface area contributed by atoms with Gasteiger partial charge in [0.25, 0.3) is 0 Å². The molecule has 2 heterocycles. The molecule has 62 valence electrons. The predicted octanol–water partition coefficient (Wildman–Crippen LogP) is 2.71. The molecule has 5 heteroatoms. The predicted molar refractivity (Wildman–Crippen MR) is 55.1 cm³/mol. The van der Waals surface area contributed by atoms with E-state index < -0.39 is 0 Å². The second-order valence-corrected chi connectivity index (χ2v) is 3.98. The van der Waals surface area contributed by atoms with E-state index in [1.54, 1.807) is 6.26 Å². The molecular formula is C7H5IN2OS. The molecule has 0 saturated heterocycles. The molecule has 2 aromatic heterocycles. The molecule has 0 atom stereocenters. The van der Waals surface area contributed by atoms with E-state index >= 15 is 0 Å². The quantitative estimate of drug-likeness (QED) is 0.759. The molecule has 0 bridgehead atoms. The molecule has 0 aliphatic heterocycles. The van der Waals surface area contributed by atoms with Crippen molar-refractivity contribution in [3.63, 3.8) is 0 Å². The summed E-state index contributed by atoms with van der Waals surface area (Å²) in [5.41, 5.74) is 1.04. The normalized spacial score (nSPS) is 10.5. The smallest absolute Gasteiger partial charge is 0.203 e. The van der Waals surface area contributed by atoms with Crippen molar-refractivity contribution < 1.29 is 4.42 Å². The number of rotatable bonds is 1. The third kappa shape index (κ3) is 1.38. The maximum atomic E-state index is 5.16. The van der Waals surface area contributed by atoms with Gasteiger partial charge in [-0.3, -0.25) is 0 Å². The number of halogens is 1. The average Bonchev–Trinajstić information content (AvgIpc) is 2.58. The second-order valence-electron chi connectivity index (χ2n) is 2.26. The molecule has 0 unspecified atom stereocenters. The Morgan fingerprint density at radius 3 is 2.92 bits per heavy atom. The maximum Gasteiger partial charge on any atom is 0.203 e. The van der Waals surface area contributed by atoms with Gasteiger partial charge >= 0.3 is 0 Å². The maximum absolute atomic E-state index is 5.16. The van der Waals surface area contributed by atoms with Crippen LogP contribution in [0, 0.1) is 10.8 Å². The third-order valence-electron chi connectivity index (χ3n) is 1.49. The van der Waals surface area contributed by atoms with E-state index in [2.05, 4.69) is 31.9 Å². The Bertz CT molecular complexity index is 396. The monoisotopic (exact) mass is 292 g/mol. The summed E-state index contributed by atoms with van der Waals surface area (Å²) in [5.74, 6) is 0.891. The molecule has 0 aliphatic carbocycles. The van der Waals surface area contributed by atoms with Gasteiger partial charge < -0.3 is 4.42 Å². The van der Waals surface area contributed by atoms with Gasteiger partial charge in [-0.15, -0.1) is 0 Å². The van der Waals surface area contributed by atoms with Crippen LogP contribution < -0.4 is 0 Å². The zero-order chi connectivity index (χ0) is 8.55. The minimum Gasteiger partial charge on any atom is -0.469 e. The number of aromatic nitrogens is 2. The molecule has 0 aliphatic rings. The molecule has 0 aromatic carbocycles. The fourth-order valence-electron chi connectivity index (χ4n) is 0.922. The van der Waals surface area contributed by atoms with Crippen LogP contribution in [0.1, 0.15) is 5.76 Å². The molecule has 0 saturated carbocycles. The first-order valence-corrected chi connectivity index (χ1v) is 5.16. The Hall–Kier alpha value is -0.430. The van der Waals surface area contributed by atoms with E-state index in [-0.39, 0.29) is 0 Å². The Morgan fingerprint density at radius 2 is 2.42 bits per heavy atom. The highest BCUT2D eigenvalue weighted by molar-refractivity contribution is 14.1. The van der Waals surface area contributed by atoms with Crippen LogP contribution in [-0.4, -0.2) is 9.36 Å². The van der Waals surface area contributed by atoms with Crippen LogP contribution in [0.15, 0.2) is 16.7 Å². The first kappa shape index (κ1) is 8.18. The Labute approximate surface area is 87.1 Å². The number of nitrogens with zero attached hydrogens (tertiary/aromatic N) is 2. The summed E-state index contributed by atoms with van der Waals surface area (Å²) in [7, 11) is 0. The van der Waals surface area contributed by atoms with E-state index in [9.17, 15) is 0 Å². The van der Waals surface area contributed by atoms with E-state index in [0.29, 0.717) is 0 Å². The standard InChI is InChI=1S/C7H5IN2OS/c1-4-5(2-3-11-4)6-9-7(8)10-12-6/h2-3H,1H3. The van der Waals surface area contributed by atoms with E-state index in [4.69, 9.17) is 4.42 Å². The van der Waals surface area contributed by atoms with Gasteiger partial charge in [0.2, 0.25) is 3.83 Å². The molecule has 0 spiro atoms. The van der Waals surface area contributed by atoms with Gasteiger partial charge in [0.1, 0.15) is 10.8 Å². The van der Waals surface area contributed by atoms with E-state index in [1.165, 1.54) is 11.5 Å². The van der Waals surface area contributed by atoms with Gasteiger partial charge in [0.15, 0.2) is 0 Å². The van der Waals surface area contributed by atoms with Crippen molar-refractivity contribution in [1.82, 2.24) is 9.36 Å². The van der Waals surface area contributed by atoms with Crippen molar-refractivity contribution in [3.05, 3.63) is 21.9 Å². The van der Waals surface area contributed by atoms with Crippen molar-refractivity contribution in [1.29, 1.82) is 0 Å². The zero-order valence-electron chi connectivity index (χ0n) is 6.24. The summed E-state index contributed by atoms with van der Waals surface area (Å²) < 4.78 is 10.0. The minimum atomic E-state index is 0.785. The number of hydrogen-bond acceptors (Lipinski definition) is 4. The first-order valence-electron chi connectivity index (χ1n) is 3.31. The van der Waals surface area contributed by atoms with Gasteiger partial charge in [-0.05, 0) is 24.5 Å². The van der Waals surface area contributed by atoms with E-state index in [0.717, 1.165) is 20.2 Å². The highest BCUT2D eigenvalue weighted by Gasteiger charge is 2.08. The molecule has 0 radical (unpaired) electrons. The Balaban J connectivity index is 2.50. The van der Waals surface area contributed by atoms with Crippen LogP contribution in [0.5, 0.6) is 0 Å². The van der Waals surface area contributed by atoms with Crippen LogP contribution in [0.3, 0.4) is 0 Å². The summed E-state index contributed by atoms with van der Waals surface area (Å²) in [6.45, 7) is 1.92. The number of hydrogen-bond donors (Lipinski definition) is 0. The van der Waals surface area contributed by atoms with Crippen LogP contribution in [0.4, 0.5) is 0 Å². The van der Waals surface area contributed by atoms with Gasteiger partial charge in [-0.25, -0.2) is 4.98 Å². The van der Waals surface area contributed by atoms with Gasteiger partial charge in [0, 0.05) is 22.6 Å². The van der Waals surface area contributed by atoms with Gasteiger partial charge in [-0.2, -0.15) is 4.37 Å². The molecule has 0 amide bonds. The van der Waals surface area contributed by atoms with Crippen molar-refractivity contribution in [2.45, 2.75) is 6.92 Å². The zero-order valence-corrected chi connectivity index (χ0v) is 9.22. The molecular weight excluding hydrogens is 287 g/mol. The molecule has 0 N–H and O–H groups in total. The summed E-state index contributed by atoms with van der Waals surface area (Å²) >= 11 is 3.49. The van der Waals surface area contributed by atoms with Gasteiger partial charge in [0.05, 0.1) is 11.8 Å². The molecule has 3 nitrogen and oxygen atoms in total.